The Kier molecular flexibility index (Phi) is 8.91. The molecular formula is C28H31NO2. The van der Waals surface area contributed by atoms with E-state index in [1.165, 1.54) is 11.6 Å². The number of rotatable bonds is 9. The second-order valence-electron chi connectivity index (χ2n) is 8.05. The van der Waals surface area contributed by atoms with Crippen molar-refractivity contribution in [3.63, 3.8) is 0 Å². The second-order valence-corrected chi connectivity index (χ2v) is 8.05. The zero-order chi connectivity index (χ0) is 22.7. The summed E-state index contributed by atoms with van der Waals surface area (Å²) in [5.74, 6) is 1.01. The van der Waals surface area contributed by atoms with Crippen LogP contribution in [0.1, 0.15) is 50.3 Å². The lowest BCUT2D eigenvalue weighted by Crippen LogP contribution is -2.09. The lowest BCUT2D eigenvalue weighted by Gasteiger charge is -2.22. The van der Waals surface area contributed by atoms with Crippen molar-refractivity contribution in [1.29, 1.82) is 5.26 Å². The number of ether oxygens (including phenoxy) is 1. The Morgan fingerprint density at radius 3 is 2.29 bits per heavy atom. The highest BCUT2D eigenvalue weighted by molar-refractivity contribution is 5.64. The molecule has 0 bridgehead atoms. The van der Waals surface area contributed by atoms with E-state index in [9.17, 15) is 5.11 Å². The molecule has 0 aliphatic rings. The second kappa shape index (κ2) is 11.6. The topological polar surface area (TPSA) is 53.2 Å². The zero-order valence-corrected chi connectivity index (χ0v) is 18.8. The van der Waals surface area contributed by atoms with Gasteiger partial charge in [0.15, 0.2) is 0 Å². The number of aromatic hydroxyl groups is 1. The maximum atomic E-state index is 9.99. The molecule has 0 heterocycles. The summed E-state index contributed by atoms with van der Waals surface area (Å²) < 4.78 is 5.24. The van der Waals surface area contributed by atoms with Crippen molar-refractivity contribution in [3.05, 3.63) is 89.0 Å². The van der Waals surface area contributed by atoms with Crippen LogP contribution in [0.2, 0.25) is 0 Å². The average Bonchev–Trinajstić information content (AvgIpc) is 2.76. The summed E-state index contributed by atoms with van der Waals surface area (Å²) in [6, 6.07) is 15.4. The molecule has 1 N–H and O–H groups in total. The number of phenols is 1. The van der Waals surface area contributed by atoms with E-state index in [4.69, 9.17) is 10.00 Å². The van der Waals surface area contributed by atoms with Crippen molar-refractivity contribution in [2.45, 2.75) is 33.6 Å². The molecule has 0 spiro atoms. The largest absolute Gasteiger partial charge is 0.507 e. The van der Waals surface area contributed by atoms with Crippen LogP contribution < -0.4 is 4.74 Å². The molecule has 0 radical (unpaired) electrons. The molecule has 2 rings (SSSR count). The molecule has 0 amide bonds. The van der Waals surface area contributed by atoms with Gasteiger partial charge in [-0.15, -0.1) is 0 Å². The molecule has 0 aliphatic carbocycles. The van der Waals surface area contributed by atoms with E-state index >= 15 is 0 Å². The third-order valence-electron chi connectivity index (χ3n) is 5.05. The molecule has 0 fully saturated rings. The van der Waals surface area contributed by atoms with Crippen LogP contribution in [0.5, 0.6) is 11.5 Å². The molecule has 0 saturated heterocycles. The van der Waals surface area contributed by atoms with Gasteiger partial charge in [0.1, 0.15) is 11.5 Å². The summed E-state index contributed by atoms with van der Waals surface area (Å²) in [7, 11) is 1.67. The summed E-state index contributed by atoms with van der Waals surface area (Å²) in [6.45, 7) is 6.46. The zero-order valence-electron chi connectivity index (χ0n) is 18.8. The van der Waals surface area contributed by atoms with E-state index in [-0.39, 0.29) is 11.2 Å². The highest BCUT2D eigenvalue weighted by atomic mass is 16.5. The van der Waals surface area contributed by atoms with Crippen molar-refractivity contribution in [2.75, 3.05) is 7.11 Å². The van der Waals surface area contributed by atoms with Gasteiger partial charge in [-0.1, -0.05) is 61.1 Å². The standard InChI is InChI=1S/C28H31NO2/c1-22(2)7-5-17-28(3,18-15-23-9-12-26(31-4)13-10-23)19-16-24-11-14-27(30)25(21-24)8-6-20-29/h6-16,18-19,21,30H,5,17H2,1-4H3/b8-6+,18-15+,19-16+/t28-/m0/s1. The number of nitrogens with zero attached hydrogens (tertiary/aromatic N) is 1. The van der Waals surface area contributed by atoms with Crippen LogP contribution in [-0.2, 0) is 0 Å². The van der Waals surface area contributed by atoms with Crippen molar-refractivity contribution in [1.82, 2.24) is 0 Å². The molecule has 160 valence electrons. The van der Waals surface area contributed by atoms with Crippen molar-refractivity contribution < 1.29 is 9.84 Å². The van der Waals surface area contributed by atoms with Gasteiger partial charge >= 0.3 is 0 Å². The van der Waals surface area contributed by atoms with E-state index in [1.807, 2.05) is 42.5 Å². The molecule has 1 atom stereocenters. The molecule has 31 heavy (non-hydrogen) atoms. The fourth-order valence-corrected chi connectivity index (χ4v) is 3.12. The van der Waals surface area contributed by atoms with Gasteiger partial charge in [0, 0.05) is 17.1 Å². The smallest absolute Gasteiger partial charge is 0.122 e. The van der Waals surface area contributed by atoms with Gasteiger partial charge in [-0.2, -0.15) is 5.26 Å². The highest BCUT2D eigenvalue weighted by Crippen LogP contribution is 2.31. The highest BCUT2D eigenvalue weighted by Gasteiger charge is 2.16. The minimum atomic E-state index is -0.146. The fourth-order valence-electron chi connectivity index (χ4n) is 3.12. The Bertz CT molecular complexity index is 1020. The minimum absolute atomic E-state index is 0.146. The van der Waals surface area contributed by atoms with Gasteiger partial charge < -0.3 is 9.84 Å². The van der Waals surface area contributed by atoms with Crippen molar-refractivity contribution in [2.24, 2.45) is 5.41 Å². The minimum Gasteiger partial charge on any atom is -0.507 e. The SMILES string of the molecule is COc1ccc(/C=C/[C@@](C)(/C=C/c2ccc(O)c(/C=C/C#N)c2)CCC=C(C)C)cc1. The summed E-state index contributed by atoms with van der Waals surface area (Å²) >= 11 is 0. The lowest BCUT2D eigenvalue weighted by molar-refractivity contribution is 0.415. The predicted molar refractivity (Wildman–Crippen MR) is 131 cm³/mol. The number of phenolic OH excluding ortho intramolecular Hbond substituents is 1. The molecule has 3 nitrogen and oxygen atoms in total. The third-order valence-corrected chi connectivity index (χ3v) is 5.05. The van der Waals surface area contributed by atoms with E-state index < -0.39 is 0 Å². The van der Waals surface area contributed by atoms with Gasteiger partial charge in [-0.05, 0) is 68.2 Å². The Morgan fingerprint density at radius 1 is 1.03 bits per heavy atom. The first-order valence-electron chi connectivity index (χ1n) is 10.4. The van der Waals surface area contributed by atoms with Crippen LogP contribution >= 0.6 is 0 Å². The fraction of sp³-hybridized carbons (Fsp3) is 0.250. The number of benzene rings is 2. The molecule has 0 unspecified atom stereocenters. The first kappa shape index (κ1) is 23.8. The molecule has 0 aromatic heterocycles. The van der Waals surface area contributed by atoms with E-state index in [1.54, 1.807) is 19.3 Å². The first-order chi connectivity index (χ1) is 14.8. The van der Waals surface area contributed by atoms with Gasteiger partial charge in [0.05, 0.1) is 13.2 Å². The van der Waals surface area contributed by atoms with Crippen LogP contribution in [-0.4, -0.2) is 12.2 Å². The number of hydrogen-bond donors (Lipinski definition) is 1. The van der Waals surface area contributed by atoms with Crippen LogP contribution in [0.4, 0.5) is 0 Å². The van der Waals surface area contributed by atoms with Gasteiger partial charge in [-0.25, -0.2) is 0 Å². The molecular weight excluding hydrogens is 382 g/mol. The van der Waals surface area contributed by atoms with Crippen LogP contribution in [0.25, 0.3) is 18.2 Å². The van der Waals surface area contributed by atoms with Crippen molar-refractivity contribution in [3.8, 4) is 17.6 Å². The van der Waals surface area contributed by atoms with Crippen LogP contribution in [0.15, 0.2) is 72.3 Å². The summed E-state index contributed by atoms with van der Waals surface area (Å²) in [5, 5.41) is 18.7. The first-order valence-corrected chi connectivity index (χ1v) is 10.4. The normalized spacial score (nSPS) is 13.4. The molecule has 0 aliphatic heterocycles. The average molecular weight is 414 g/mol. The maximum absolute atomic E-state index is 9.99. The molecule has 0 saturated carbocycles. The number of methoxy groups -OCH3 is 1. The predicted octanol–water partition coefficient (Wildman–Crippen LogP) is 7.42. The summed E-state index contributed by atoms with van der Waals surface area (Å²) in [4.78, 5) is 0. The number of allylic oxidation sites excluding steroid dienone is 5. The lowest BCUT2D eigenvalue weighted by atomic mass is 9.83. The summed E-state index contributed by atoms with van der Waals surface area (Å²) in [6.07, 6.45) is 15.9. The molecule has 2 aromatic rings. The quantitative estimate of drug-likeness (QED) is 0.344. The third kappa shape index (κ3) is 8.03. The Hall–Kier alpha value is -3.51. The van der Waals surface area contributed by atoms with Gasteiger partial charge in [-0.3, -0.25) is 0 Å². The van der Waals surface area contributed by atoms with Crippen LogP contribution in [0.3, 0.4) is 0 Å². The summed E-state index contributed by atoms with van der Waals surface area (Å²) in [5.41, 5.74) is 3.89. The van der Waals surface area contributed by atoms with Gasteiger partial charge in [0.2, 0.25) is 0 Å². The van der Waals surface area contributed by atoms with Crippen molar-refractivity contribution >= 4 is 18.2 Å². The Morgan fingerprint density at radius 2 is 1.68 bits per heavy atom. The monoisotopic (exact) mass is 413 g/mol. The van der Waals surface area contributed by atoms with E-state index in [2.05, 4.69) is 51.2 Å². The van der Waals surface area contributed by atoms with Crippen LogP contribution in [0, 0.1) is 16.7 Å². The Balaban J connectivity index is 2.29. The number of hydrogen-bond acceptors (Lipinski definition) is 3. The number of nitriles is 1. The van der Waals surface area contributed by atoms with Gasteiger partial charge in [0.25, 0.3) is 0 Å². The molecule has 2 aromatic carbocycles. The Labute approximate surface area is 186 Å². The molecule has 3 heteroatoms. The van der Waals surface area contributed by atoms with E-state index in [0.717, 1.165) is 29.7 Å². The maximum Gasteiger partial charge on any atom is 0.122 e. The van der Waals surface area contributed by atoms with E-state index in [0.29, 0.717) is 5.56 Å².